The second-order valence-corrected chi connectivity index (χ2v) is 4.97. The van der Waals surface area contributed by atoms with Crippen LogP contribution in [0.4, 0.5) is 4.39 Å². The smallest absolute Gasteiger partial charge is 0.137 e. The minimum absolute atomic E-state index is 0.263. The molecule has 0 unspecified atom stereocenters. The zero-order valence-electron chi connectivity index (χ0n) is 9.92. The van der Waals surface area contributed by atoms with E-state index in [4.69, 9.17) is 5.73 Å². The number of aromatic nitrogens is 2. The summed E-state index contributed by atoms with van der Waals surface area (Å²) in [6.07, 6.45) is 4.69. The van der Waals surface area contributed by atoms with Crippen LogP contribution in [0.3, 0.4) is 0 Å². The Morgan fingerprint density at radius 3 is 2.89 bits per heavy atom. The lowest BCUT2D eigenvalue weighted by atomic mass is 10.2. The van der Waals surface area contributed by atoms with E-state index in [9.17, 15) is 4.39 Å². The normalized spacial score (nSPS) is 10.8. The summed E-state index contributed by atoms with van der Waals surface area (Å²) in [5.74, 6) is 0.681. The molecule has 0 radical (unpaired) electrons. The van der Waals surface area contributed by atoms with Crippen molar-refractivity contribution in [3.8, 4) is 11.3 Å². The van der Waals surface area contributed by atoms with Crippen LogP contribution in [0.2, 0.25) is 0 Å². The minimum atomic E-state index is -0.263. The summed E-state index contributed by atoms with van der Waals surface area (Å²) in [6, 6.07) is 4.91. The second kappa shape index (κ2) is 6.11. The number of halogens is 2. The highest BCUT2D eigenvalue weighted by Crippen LogP contribution is 2.24. The van der Waals surface area contributed by atoms with Gasteiger partial charge in [-0.2, -0.15) is 0 Å². The third kappa shape index (κ3) is 3.17. The van der Waals surface area contributed by atoms with E-state index in [0.29, 0.717) is 11.0 Å². The van der Waals surface area contributed by atoms with Gasteiger partial charge < -0.3 is 10.7 Å². The van der Waals surface area contributed by atoms with Crippen molar-refractivity contribution in [2.75, 3.05) is 6.54 Å². The van der Waals surface area contributed by atoms with Gasteiger partial charge in [-0.25, -0.2) is 9.37 Å². The molecule has 1 aromatic carbocycles. The topological polar surface area (TPSA) is 54.7 Å². The van der Waals surface area contributed by atoms with Crippen LogP contribution in [-0.4, -0.2) is 16.5 Å². The maximum Gasteiger partial charge on any atom is 0.137 e. The minimum Gasteiger partial charge on any atom is -0.342 e. The van der Waals surface area contributed by atoms with Crippen LogP contribution in [0.15, 0.2) is 28.9 Å². The number of aryl methyl sites for hydroxylation is 1. The van der Waals surface area contributed by atoms with Gasteiger partial charge >= 0.3 is 0 Å². The SMILES string of the molecule is NCCCCc1ncc(-c2ccc(F)c(Br)c2)[nH]1. The molecule has 0 aliphatic rings. The Hall–Kier alpha value is -1.20. The molecule has 0 saturated carbocycles. The molecule has 18 heavy (non-hydrogen) atoms. The molecule has 0 aliphatic carbocycles. The number of hydrogen-bond donors (Lipinski definition) is 2. The lowest BCUT2D eigenvalue weighted by Crippen LogP contribution is -1.99. The molecule has 96 valence electrons. The molecule has 1 heterocycles. The average molecular weight is 312 g/mol. The van der Waals surface area contributed by atoms with Gasteiger partial charge in [0, 0.05) is 12.0 Å². The Bertz CT molecular complexity index is 525. The maximum absolute atomic E-state index is 13.1. The molecule has 5 heteroatoms. The van der Waals surface area contributed by atoms with E-state index in [0.717, 1.165) is 36.3 Å². The largest absolute Gasteiger partial charge is 0.342 e. The average Bonchev–Trinajstić information content (AvgIpc) is 2.82. The van der Waals surface area contributed by atoms with Crippen molar-refractivity contribution in [1.29, 1.82) is 0 Å². The fourth-order valence-electron chi connectivity index (χ4n) is 1.74. The van der Waals surface area contributed by atoms with E-state index in [1.54, 1.807) is 18.3 Å². The van der Waals surface area contributed by atoms with Gasteiger partial charge in [0.25, 0.3) is 0 Å². The van der Waals surface area contributed by atoms with E-state index >= 15 is 0 Å². The highest BCUT2D eigenvalue weighted by molar-refractivity contribution is 9.10. The van der Waals surface area contributed by atoms with Crippen molar-refractivity contribution in [1.82, 2.24) is 9.97 Å². The molecule has 0 atom stereocenters. The zero-order valence-corrected chi connectivity index (χ0v) is 11.5. The summed E-state index contributed by atoms with van der Waals surface area (Å²) in [4.78, 5) is 7.55. The van der Waals surface area contributed by atoms with Crippen LogP contribution in [0.1, 0.15) is 18.7 Å². The molecule has 0 saturated heterocycles. The Labute approximate surface area is 114 Å². The lowest BCUT2D eigenvalue weighted by Gasteiger charge is -2.00. The van der Waals surface area contributed by atoms with Crippen molar-refractivity contribution in [3.05, 3.63) is 40.5 Å². The van der Waals surface area contributed by atoms with Crippen LogP contribution in [0.25, 0.3) is 11.3 Å². The Balaban J connectivity index is 2.11. The first-order chi connectivity index (χ1) is 8.70. The fraction of sp³-hybridized carbons (Fsp3) is 0.308. The first kappa shape index (κ1) is 13.2. The van der Waals surface area contributed by atoms with E-state index in [1.807, 2.05) is 0 Å². The first-order valence-corrected chi connectivity index (χ1v) is 6.69. The van der Waals surface area contributed by atoms with Gasteiger partial charge in [0.15, 0.2) is 0 Å². The standard InChI is InChI=1S/C13H15BrFN3/c14-10-7-9(4-5-11(10)15)12-8-17-13(18-12)3-1-2-6-16/h4-5,7-8H,1-3,6,16H2,(H,17,18). The quantitative estimate of drug-likeness (QED) is 0.833. The monoisotopic (exact) mass is 311 g/mol. The van der Waals surface area contributed by atoms with Gasteiger partial charge in [0.2, 0.25) is 0 Å². The number of unbranched alkanes of at least 4 members (excludes halogenated alkanes) is 1. The van der Waals surface area contributed by atoms with Gasteiger partial charge in [-0.1, -0.05) is 0 Å². The van der Waals surface area contributed by atoms with Gasteiger partial charge in [-0.15, -0.1) is 0 Å². The molecule has 2 aromatic rings. The molecule has 3 N–H and O–H groups in total. The Morgan fingerprint density at radius 1 is 1.33 bits per heavy atom. The summed E-state index contributed by atoms with van der Waals surface area (Å²) in [6.45, 7) is 0.707. The zero-order chi connectivity index (χ0) is 13.0. The number of nitrogens with zero attached hydrogens (tertiary/aromatic N) is 1. The van der Waals surface area contributed by atoms with E-state index in [2.05, 4.69) is 25.9 Å². The van der Waals surface area contributed by atoms with Crippen molar-refractivity contribution < 1.29 is 4.39 Å². The molecular formula is C13H15BrFN3. The Morgan fingerprint density at radius 2 is 2.17 bits per heavy atom. The number of nitrogens with two attached hydrogens (primary N) is 1. The van der Waals surface area contributed by atoms with Crippen LogP contribution < -0.4 is 5.73 Å². The highest BCUT2D eigenvalue weighted by Gasteiger charge is 2.06. The van der Waals surface area contributed by atoms with E-state index in [-0.39, 0.29) is 5.82 Å². The Kier molecular flexibility index (Phi) is 4.49. The van der Waals surface area contributed by atoms with Gasteiger partial charge in [-0.3, -0.25) is 0 Å². The van der Waals surface area contributed by atoms with Crippen LogP contribution in [-0.2, 0) is 6.42 Å². The summed E-state index contributed by atoms with van der Waals surface area (Å²) < 4.78 is 13.6. The van der Waals surface area contributed by atoms with Crippen LogP contribution in [0.5, 0.6) is 0 Å². The predicted molar refractivity (Wildman–Crippen MR) is 73.7 cm³/mol. The van der Waals surface area contributed by atoms with Gasteiger partial charge in [0.1, 0.15) is 11.6 Å². The second-order valence-electron chi connectivity index (χ2n) is 4.12. The summed E-state index contributed by atoms with van der Waals surface area (Å²) in [5.41, 5.74) is 7.27. The lowest BCUT2D eigenvalue weighted by molar-refractivity contribution is 0.621. The third-order valence-corrected chi connectivity index (χ3v) is 3.33. The van der Waals surface area contributed by atoms with Crippen molar-refractivity contribution >= 4 is 15.9 Å². The van der Waals surface area contributed by atoms with Crippen molar-refractivity contribution in [2.24, 2.45) is 5.73 Å². The number of imidazole rings is 1. The number of hydrogen-bond acceptors (Lipinski definition) is 2. The van der Waals surface area contributed by atoms with Crippen LogP contribution >= 0.6 is 15.9 Å². The number of benzene rings is 1. The molecule has 0 spiro atoms. The van der Waals surface area contributed by atoms with Gasteiger partial charge in [0.05, 0.1) is 16.4 Å². The number of rotatable bonds is 5. The fourth-order valence-corrected chi connectivity index (χ4v) is 2.12. The first-order valence-electron chi connectivity index (χ1n) is 5.90. The van der Waals surface area contributed by atoms with E-state index < -0.39 is 0 Å². The van der Waals surface area contributed by atoms with Gasteiger partial charge in [-0.05, 0) is 53.5 Å². The molecule has 2 rings (SSSR count). The van der Waals surface area contributed by atoms with Crippen molar-refractivity contribution in [2.45, 2.75) is 19.3 Å². The van der Waals surface area contributed by atoms with E-state index in [1.165, 1.54) is 6.07 Å². The molecule has 3 nitrogen and oxygen atoms in total. The predicted octanol–water partition coefficient (Wildman–Crippen LogP) is 3.26. The molecule has 0 aliphatic heterocycles. The van der Waals surface area contributed by atoms with Crippen molar-refractivity contribution in [3.63, 3.8) is 0 Å². The molecule has 0 fully saturated rings. The summed E-state index contributed by atoms with van der Waals surface area (Å²) >= 11 is 3.18. The summed E-state index contributed by atoms with van der Waals surface area (Å²) in [7, 11) is 0. The number of aromatic amines is 1. The molecule has 0 amide bonds. The molecule has 1 aromatic heterocycles. The molecule has 0 bridgehead atoms. The molecular weight excluding hydrogens is 297 g/mol. The summed E-state index contributed by atoms with van der Waals surface area (Å²) in [5, 5.41) is 0. The van der Waals surface area contributed by atoms with Crippen LogP contribution in [0, 0.1) is 5.82 Å². The maximum atomic E-state index is 13.1. The number of H-pyrrole nitrogens is 1. The highest BCUT2D eigenvalue weighted by atomic mass is 79.9. The number of nitrogens with one attached hydrogen (secondary N) is 1. The third-order valence-electron chi connectivity index (χ3n) is 2.73.